The summed E-state index contributed by atoms with van der Waals surface area (Å²) in [6.45, 7) is 10.7. The van der Waals surface area contributed by atoms with Crippen LogP contribution in [-0.4, -0.2) is 23.3 Å². The van der Waals surface area contributed by atoms with Gasteiger partial charge in [0.25, 0.3) is 0 Å². The van der Waals surface area contributed by atoms with Crippen molar-refractivity contribution in [1.82, 2.24) is 15.5 Å². The lowest BCUT2D eigenvalue weighted by Gasteiger charge is -2.18. The molecule has 0 aliphatic heterocycles. The predicted octanol–water partition coefficient (Wildman–Crippen LogP) is 3.58. The SMILES string of the molecule is CCNCCCc1nnc(-c2ccc(C(C)(C)C)cc2)o1. The number of hydrogen-bond donors (Lipinski definition) is 1. The van der Waals surface area contributed by atoms with Crippen molar-refractivity contribution in [2.45, 2.75) is 46.0 Å². The number of aromatic nitrogens is 2. The average molecular weight is 287 g/mol. The first-order valence-corrected chi connectivity index (χ1v) is 7.64. The highest BCUT2D eigenvalue weighted by molar-refractivity contribution is 5.53. The Hall–Kier alpha value is -1.68. The molecule has 1 aromatic heterocycles. The van der Waals surface area contributed by atoms with Crippen molar-refractivity contribution in [2.24, 2.45) is 0 Å². The third-order valence-corrected chi connectivity index (χ3v) is 3.46. The number of aryl methyl sites for hydroxylation is 1. The van der Waals surface area contributed by atoms with Crippen LogP contribution in [0.3, 0.4) is 0 Å². The molecule has 0 spiro atoms. The largest absolute Gasteiger partial charge is 0.421 e. The van der Waals surface area contributed by atoms with E-state index in [4.69, 9.17) is 4.42 Å². The summed E-state index contributed by atoms with van der Waals surface area (Å²) in [4.78, 5) is 0. The van der Waals surface area contributed by atoms with Crippen molar-refractivity contribution in [1.29, 1.82) is 0 Å². The van der Waals surface area contributed by atoms with Crippen LogP contribution in [0.4, 0.5) is 0 Å². The highest BCUT2D eigenvalue weighted by Gasteiger charge is 2.14. The van der Waals surface area contributed by atoms with E-state index >= 15 is 0 Å². The van der Waals surface area contributed by atoms with Gasteiger partial charge in [0, 0.05) is 12.0 Å². The molecule has 4 heteroatoms. The van der Waals surface area contributed by atoms with E-state index in [1.165, 1.54) is 5.56 Å². The molecular formula is C17H25N3O. The first-order chi connectivity index (χ1) is 10.0. The van der Waals surface area contributed by atoms with Crippen molar-refractivity contribution < 1.29 is 4.42 Å². The number of nitrogens with zero attached hydrogens (tertiary/aromatic N) is 2. The Kier molecular flexibility index (Phi) is 5.12. The molecule has 21 heavy (non-hydrogen) atoms. The molecule has 4 nitrogen and oxygen atoms in total. The van der Waals surface area contributed by atoms with E-state index in [1.54, 1.807) is 0 Å². The Bertz CT molecular complexity index is 552. The zero-order chi connectivity index (χ0) is 15.3. The van der Waals surface area contributed by atoms with Crippen molar-refractivity contribution >= 4 is 0 Å². The molecular weight excluding hydrogens is 262 g/mol. The second-order valence-electron chi connectivity index (χ2n) is 6.29. The number of benzene rings is 1. The molecule has 0 saturated heterocycles. The fourth-order valence-corrected chi connectivity index (χ4v) is 2.13. The summed E-state index contributed by atoms with van der Waals surface area (Å²) in [5, 5.41) is 11.5. The highest BCUT2D eigenvalue weighted by Crippen LogP contribution is 2.25. The molecule has 0 unspecified atom stereocenters. The average Bonchev–Trinajstić information content (AvgIpc) is 2.92. The lowest BCUT2D eigenvalue weighted by Crippen LogP contribution is -2.14. The molecule has 2 rings (SSSR count). The highest BCUT2D eigenvalue weighted by atomic mass is 16.4. The van der Waals surface area contributed by atoms with Crippen molar-refractivity contribution in [3.8, 4) is 11.5 Å². The molecule has 1 heterocycles. The maximum Gasteiger partial charge on any atom is 0.247 e. The van der Waals surface area contributed by atoms with Gasteiger partial charge in [-0.15, -0.1) is 10.2 Å². The number of hydrogen-bond acceptors (Lipinski definition) is 4. The summed E-state index contributed by atoms with van der Waals surface area (Å²) in [6.07, 6.45) is 1.83. The van der Waals surface area contributed by atoms with Gasteiger partial charge in [-0.3, -0.25) is 0 Å². The zero-order valence-electron chi connectivity index (χ0n) is 13.4. The number of rotatable bonds is 6. The van der Waals surface area contributed by atoms with E-state index in [0.717, 1.165) is 31.5 Å². The predicted molar refractivity (Wildman–Crippen MR) is 85.3 cm³/mol. The van der Waals surface area contributed by atoms with Gasteiger partial charge in [-0.1, -0.05) is 39.8 Å². The van der Waals surface area contributed by atoms with E-state index in [-0.39, 0.29) is 5.41 Å². The van der Waals surface area contributed by atoms with E-state index in [9.17, 15) is 0 Å². The smallest absolute Gasteiger partial charge is 0.247 e. The van der Waals surface area contributed by atoms with Gasteiger partial charge in [0.15, 0.2) is 0 Å². The minimum atomic E-state index is 0.158. The first kappa shape index (κ1) is 15.7. The molecule has 0 atom stereocenters. The standard InChI is InChI=1S/C17H25N3O/c1-5-18-12-6-7-15-19-20-16(21-15)13-8-10-14(11-9-13)17(2,3)4/h8-11,18H,5-7,12H2,1-4H3. The fraction of sp³-hybridized carbons (Fsp3) is 0.529. The molecule has 1 N–H and O–H groups in total. The van der Waals surface area contributed by atoms with Gasteiger partial charge < -0.3 is 9.73 Å². The van der Waals surface area contributed by atoms with Crippen LogP contribution in [0.5, 0.6) is 0 Å². The van der Waals surface area contributed by atoms with Crippen LogP contribution >= 0.6 is 0 Å². The summed E-state index contributed by atoms with van der Waals surface area (Å²) in [6, 6.07) is 8.36. The molecule has 0 radical (unpaired) electrons. The van der Waals surface area contributed by atoms with Gasteiger partial charge >= 0.3 is 0 Å². The minimum absolute atomic E-state index is 0.158. The summed E-state index contributed by atoms with van der Waals surface area (Å²) < 4.78 is 5.73. The van der Waals surface area contributed by atoms with E-state index in [0.29, 0.717) is 11.8 Å². The van der Waals surface area contributed by atoms with E-state index < -0.39 is 0 Å². The van der Waals surface area contributed by atoms with Crippen LogP contribution in [0.1, 0.15) is 45.6 Å². The molecule has 0 aliphatic rings. The van der Waals surface area contributed by atoms with Crippen LogP contribution in [0, 0.1) is 0 Å². The summed E-state index contributed by atoms with van der Waals surface area (Å²) in [5.74, 6) is 1.32. The van der Waals surface area contributed by atoms with Crippen molar-refractivity contribution in [2.75, 3.05) is 13.1 Å². The second-order valence-corrected chi connectivity index (χ2v) is 6.29. The lowest BCUT2D eigenvalue weighted by molar-refractivity contribution is 0.492. The molecule has 114 valence electrons. The van der Waals surface area contributed by atoms with Crippen molar-refractivity contribution in [3.63, 3.8) is 0 Å². The van der Waals surface area contributed by atoms with Crippen LogP contribution < -0.4 is 5.32 Å². The second kappa shape index (κ2) is 6.85. The Morgan fingerprint density at radius 2 is 1.81 bits per heavy atom. The summed E-state index contributed by atoms with van der Waals surface area (Å²) >= 11 is 0. The Morgan fingerprint density at radius 1 is 1.10 bits per heavy atom. The zero-order valence-corrected chi connectivity index (χ0v) is 13.4. The van der Waals surface area contributed by atoms with Gasteiger partial charge in [-0.05, 0) is 42.6 Å². The van der Waals surface area contributed by atoms with Crippen molar-refractivity contribution in [3.05, 3.63) is 35.7 Å². The van der Waals surface area contributed by atoms with E-state index in [2.05, 4.69) is 67.5 Å². The summed E-state index contributed by atoms with van der Waals surface area (Å²) in [5.41, 5.74) is 2.44. The van der Waals surface area contributed by atoms with E-state index in [1.807, 2.05) is 0 Å². The third-order valence-electron chi connectivity index (χ3n) is 3.46. The molecule has 0 bridgehead atoms. The van der Waals surface area contributed by atoms with Crippen LogP contribution in [0.15, 0.2) is 28.7 Å². The van der Waals surface area contributed by atoms with Gasteiger partial charge in [0.1, 0.15) is 0 Å². The molecule has 2 aromatic rings. The Morgan fingerprint density at radius 3 is 2.43 bits per heavy atom. The van der Waals surface area contributed by atoms with Gasteiger partial charge in [0.2, 0.25) is 11.8 Å². The van der Waals surface area contributed by atoms with Crippen LogP contribution in [0.2, 0.25) is 0 Å². The maximum atomic E-state index is 5.73. The topological polar surface area (TPSA) is 51.0 Å². The third kappa shape index (κ3) is 4.39. The van der Waals surface area contributed by atoms with Gasteiger partial charge in [-0.25, -0.2) is 0 Å². The van der Waals surface area contributed by atoms with Gasteiger partial charge in [-0.2, -0.15) is 0 Å². The van der Waals surface area contributed by atoms with Crippen LogP contribution in [0.25, 0.3) is 11.5 Å². The van der Waals surface area contributed by atoms with Crippen LogP contribution in [-0.2, 0) is 11.8 Å². The first-order valence-electron chi connectivity index (χ1n) is 7.64. The fourth-order valence-electron chi connectivity index (χ4n) is 2.13. The van der Waals surface area contributed by atoms with Gasteiger partial charge in [0.05, 0.1) is 0 Å². The monoisotopic (exact) mass is 287 g/mol. The molecule has 0 aliphatic carbocycles. The Labute approximate surface area is 127 Å². The normalized spacial score (nSPS) is 11.8. The lowest BCUT2D eigenvalue weighted by atomic mass is 9.87. The molecule has 0 saturated carbocycles. The molecule has 1 aromatic carbocycles. The maximum absolute atomic E-state index is 5.73. The quantitative estimate of drug-likeness (QED) is 0.825. The Balaban J connectivity index is 2.00. The minimum Gasteiger partial charge on any atom is -0.421 e. The molecule has 0 amide bonds. The molecule has 0 fully saturated rings. The number of nitrogens with one attached hydrogen (secondary N) is 1. The summed E-state index contributed by atoms with van der Waals surface area (Å²) in [7, 11) is 0.